The Hall–Kier alpha value is -0.450. The van der Waals surface area contributed by atoms with E-state index in [0.29, 0.717) is 24.6 Å². The van der Waals surface area contributed by atoms with Gasteiger partial charge < -0.3 is 10.1 Å². The smallest absolute Gasteiger partial charge is 0.123 e. The van der Waals surface area contributed by atoms with Gasteiger partial charge in [-0.2, -0.15) is 0 Å². The lowest BCUT2D eigenvalue weighted by molar-refractivity contribution is -0.193. The van der Waals surface area contributed by atoms with Gasteiger partial charge in [0.15, 0.2) is 0 Å². The second kappa shape index (κ2) is 5.39. The molecule has 2 nitrogen and oxygen atoms in total. The topological polar surface area (TPSA) is 21.3 Å². The first-order chi connectivity index (χ1) is 9.50. The summed E-state index contributed by atoms with van der Waals surface area (Å²) in [5.41, 5.74) is 1.13. The predicted octanol–water partition coefficient (Wildman–Crippen LogP) is 3.88. The minimum Gasteiger partial charge on any atom is -0.377 e. The monoisotopic (exact) mass is 341 g/mol. The first-order valence-electron chi connectivity index (χ1n) is 7.29. The Kier molecular flexibility index (Phi) is 3.91. The number of benzene rings is 1. The molecule has 1 aromatic rings. The highest BCUT2D eigenvalue weighted by Crippen LogP contribution is 2.51. The van der Waals surface area contributed by atoms with Gasteiger partial charge in [0, 0.05) is 35.0 Å². The fourth-order valence-corrected chi connectivity index (χ4v) is 4.22. The van der Waals surface area contributed by atoms with Crippen molar-refractivity contribution in [2.45, 2.75) is 45.4 Å². The molecule has 1 saturated heterocycles. The molecule has 0 aromatic heterocycles. The van der Waals surface area contributed by atoms with Crippen molar-refractivity contribution in [3.63, 3.8) is 0 Å². The molecular formula is C16H21BrFNO. The molecule has 1 aromatic carbocycles. The van der Waals surface area contributed by atoms with Gasteiger partial charge in [0.2, 0.25) is 0 Å². The van der Waals surface area contributed by atoms with E-state index in [-0.39, 0.29) is 11.2 Å². The highest BCUT2D eigenvalue weighted by atomic mass is 79.9. The molecule has 0 bridgehead atoms. The molecule has 3 unspecified atom stereocenters. The third-order valence-corrected chi connectivity index (χ3v) is 5.62. The zero-order chi connectivity index (χ0) is 14.3. The molecule has 1 saturated carbocycles. The van der Waals surface area contributed by atoms with Crippen LogP contribution in [0.1, 0.15) is 32.3 Å². The van der Waals surface area contributed by atoms with Crippen molar-refractivity contribution in [1.82, 2.24) is 5.32 Å². The van der Waals surface area contributed by atoms with Gasteiger partial charge in [0.1, 0.15) is 5.82 Å². The molecule has 0 spiro atoms. The highest BCUT2D eigenvalue weighted by Gasteiger charge is 2.57. The second-order valence-corrected chi connectivity index (χ2v) is 7.37. The van der Waals surface area contributed by atoms with E-state index in [1.54, 1.807) is 12.1 Å². The number of hydrogen-bond acceptors (Lipinski definition) is 2. The molecule has 3 rings (SSSR count). The molecule has 2 aliphatic rings. The predicted molar refractivity (Wildman–Crippen MR) is 81.0 cm³/mol. The molecule has 1 heterocycles. The van der Waals surface area contributed by atoms with E-state index in [1.165, 1.54) is 12.5 Å². The van der Waals surface area contributed by atoms with Crippen molar-refractivity contribution in [3.05, 3.63) is 34.1 Å². The Morgan fingerprint density at radius 2 is 2.25 bits per heavy atom. The van der Waals surface area contributed by atoms with Crippen LogP contribution in [0.3, 0.4) is 0 Å². The van der Waals surface area contributed by atoms with Gasteiger partial charge >= 0.3 is 0 Å². The van der Waals surface area contributed by atoms with Crippen molar-refractivity contribution < 1.29 is 9.13 Å². The molecule has 0 radical (unpaired) electrons. The zero-order valence-electron chi connectivity index (χ0n) is 12.0. The van der Waals surface area contributed by atoms with E-state index in [1.807, 2.05) is 0 Å². The lowest BCUT2D eigenvalue weighted by atomic mass is 9.55. The number of hydrogen-bond donors (Lipinski definition) is 1. The largest absolute Gasteiger partial charge is 0.377 e. The number of rotatable bonds is 3. The fraction of sp³-hybridized carbons (Fsp3) is 0.625. The van der Waals surface area contributed by atoms with E-state index in [0.717, 1.165) is 23.1 Å². The summed E-state index contributed by atoms with van der Waals surface area (Å²) >= 11 is 3.49. The third-order valence-electron chi connectivity index (χ3n) is 4.85. The van der Waals surface area contributed by atoms with Gasteiger partial charge in [-0.05, 0) is 36.6 Å². The van der Waals surface area contributed by atoms with Crippen molar-refractivity contribution in [3.8, 4) is 0 Å². The van der Waals surface area contributed by atoms with Crippen LogP contribution >= 0.6 is 15.9 Å². The summed E-state index contributed by atoms with van der Waals surface area (Å²) in [6.45, 7) is 6.11. The van der Waals surface area contributed by atoms with Crippen molar-refractivity contribution in [2.75, 3.05) is 6.61 Å². The van der Waals surface area contributed by atoms with Crippen LogP contribution in [0.5, 0.6) is 0 Å². The van der Waals surface area contributed by atoms with Gasteiger partial charge in [-0.25, -0.2) is 4.39 Å². The third kappa shape index (κ3) is 2.42. The molecular weight excluding hydrogens is 321 g/mol. The summed E-state index contributed by atoms with van der Waals surface area (Å²) in [5.74, 6) is 0.419. The second-order valence-electron chi connectivity index (χ2n) is 6.51. The zero-order valence-corrected chi connectivity index (χ0v) is 13.5. The number of fused-ring (bicyclic) bond motifs is 1. The molecule has 110 valence electrons. The average molecular weight is 342 g/mol. The summed E-state index contributed by atoms with van der Waals surface area (Å²) in [4.78, 5) is 0. The van der Waals surface area contributed by atoms with Crippen molar-refractivity contribution in [2.24, 2.45) is 11.3 Å². The van der Waals surface area contributed by atoms with Crippen LogP contribution < -0.4 is 5.32 Å². The molecule has 0 amide bonds. The minimum absolute atomic E-state index is 0.158. The van der Waals surface area contributed by atoms with Gasteiger partial charge in [0.05, 0.1) is 6.10 Å². The summed E-state index contributed by atoms with van der Waals surface area (Å²) in [7, 11) is 0. The standard InChI is InChI=1S/C16H21BrFNO/c1-16(2)14(12-4-3-7-20-15(12)16)19-9-10-8-11(18)5-6-13(10)17/h5-6,8,12,14-15,19H,3-4,7,9H2,1-2H3. The van der Waals surface area contributed by atoms with Crippen molar-refractivity contribution >= 4 is 15.9 Å². The molecule has 2 fully saturated rings. The highest BCUT2D eigenvalue weighted by molar-refractivity contribution is 9.10. The molecule has 1 aliphatic heterocycles. The Morgan fingerprint density at radius 3 is 3.05 bits per heavy atom. The summed E-state index contributed by atoms with van der Waals surface area (Å²) in [6.07, 6.45) is 2.76. The molecule has 1 N–H and O–H groups in total. The lowest BCUT2D eigenvalue weighted by Crippen LogP contribution is -2.69. The number of halogens is 2. The SMILES string of the molecule is CC1(C)C(NCc2cc(F)ccc2Br)C2CCCOC21. The average Bonchev–Trinajstić information content (AvgIpc) is 2.42. The molecule has 3 atom stereocenters. The molecule has 20 heavy (non-hydrogen) atoms. The first-order valence-corrected chi connectivity index (χ1v) is 8.08. The quantitative estimate of drug-likeness (QED) is 0.900. The Morgan fingerprint density at radius 1 is 1.45 bits per heavy atom. The van der Waals surface area contributed by atoms with Crippen LogP contribution in [0.4, 0.5) is 4.39 Å². The van der Waals surface area contributed by atoms with Crippen LogP contribution in [0.2, 0.25) is 0 Å². The van der Waals surface area contributed by atoms with Gasteiger partial charge in [-0.15, -0.1) is 0 Å². The number of ether oxygens (including phenoxy) is 1. The van der Waals surface area contributed by atoms with Crippen molar-refractivity contribution in [1.29, 1.82) is 0 Å². The molecule has 1 aliphatic carbocycles. The normalized spacial score (nSPS) is 31.5. The Bertz CT molecular complexity index is 505. The lowest BCUT2D eigenvalue weighted by Gasteiger charge is -2.60. The van der Waals surface area contributed by atoms with E-state index >= 15 is 0 Å². The van der Waals surface area contributed by atoms with Crippen LogP contribution in [-0.4, -0.2) is 18.8 Å². The maximum atomic E-state index is 13.3. The van der Waals surface area contributed by atoms with E-state index in [2.05, 4.69) is 35.1 Å². The minimum atomic E-state index is -0.184. The first kappa shape index (κ1) is 14.5. The van der Waals surface area contributed by atoms with Crippen LogP contribution in [0.25, 0.3) is 0 Å². The van der Waals surface area contributed by atoms with Crippen LogP contribution in [0, 0.1) is 17.2 Å². The Balaban J connectivity index is 1.67. The van der Waals surface area contributed by atoms with E-state index in [9.17, 15) is 4.39 Å². The summed E-state index contributed by atoms with van der Waals surface area (Å²) in [6, 6.07) is 5.29. The number of nitrogens with one attached hydrogen (secondary N) is 1. The Labute approximate surface area is 128 Å². The fourth-order valence-electron chi connectivity index (χ4n) is 3.84. The van der Waals surface area contributed by atoms with E-state index in [4.69, 9.17) is 4.74 Å². The maximum Gasteiger partial charge on any atom is 0.123 e. The van der Waals surface area contributed by atoms with E-state index < -0.39 is 0 Å². The van der Waals surface area contributed by atoms with Gasteiger partial charge in [-0.1, -0.05) is 29.8 Å². The van der Waals surface area contributed by atoms with Crippen LogP contribution in [0.15, 0.2) is 22.7 Å². The maximum absolute atomic E-state index is 13.3. The van der Waals surface area contributed by atoms with Gasteiger partial charge in [-0.3, -0.25) is 0 Å². The van der Waals surface area contributed by atoms with Crippen LogP contribution in [-0.2, 0) is 11.3 Å². The summed E-state index contributed by atoms with van der Waals surface area (Å²) in [5, 5.41) is 3.62. The van der Waals surface area contributed by atoms with Gasteiger partial charge in [0.25, 0.3) is 0 Å². The summed E-state index contributed by atoms with van der Waals surface area (Å²) < 4.78 is 20.2. The molecule has 4 heteroatoms.